The van der Waals surface area contributed by atoms with Crippen LogP contribution in [-0.2, 0) is 0 Å². The molecule has 3 rings (SSSR count). The first-order valence-electron chi connectivity index (χ1n) is 9.00. The van der Waals surface area contributed by atoms with E-state index in [4.69, 9.17) is 0 Å². The summed E-state index contributed by atoms with van der Waals surface area (Å²) in [4.78, 5) is 27.3. The summed E-state index contributed by atoms with van der Waals surface area (Å²) in [5.74, 6) is -0.220. The van der Waals surface area contributed by atoms with Gasteiger partial charge in [0.1, 0.15) is 0 Å². The van der Waals surface area contributed by atoms with Gasteiger partial charge in [-0.3, -0.25) is 9.59 Å². The molecule has 0 unspecified atom stereocenters. The predicted octanol–water partition coefficient (Wildman–Crippen LogP) is 4.63. The smallest absolute Gasteiger partial charge is 0.259 e. The van der Waals surface area contributed by atoms with Gasteiger partial charge >= 0.3 is 0 Å². The van der Waals surface area contributed by atoms with E-state index in [2.05, 4.69) is 27.9 Å². The van der Waals surface area contributed by atoms with Crippen LogP contribution in [-0.4, -0.2) is 24.9 Å². The van der Waals surface area contributed by atoms with Gasteiger partial charge in [-0.05, 0) is 59.7 Å². The monoisotopic (exact) mass is 462 g/mol. The number of hydrogen-bond donors (Lipinski definition) is 1. The minimum absolute atomic E-state index is 0.102. The quantitative estimate of drug-likeness (QED) is 0.674. The molecule has 0 aliphatic heterocycles. The van der Waals surface area contributed by atoms with Crippen molar-refractivity contribution in [2.75, 3.05) is 11.9 Å². The van der Waals surface area contributed by atoms with Crippen LogP contribution in [0.15, 0.2) is 48.5 Å². The largest absolute Gasteiger partial charge is 0.349 e. The molecule has 1 aliphatic rings. The molecular weight excluding hydrogens is 439 g/mol. The van der Waals surface area contributed by atoms with Gasteiger partial charge in [0, 0.05) is 16.7 Å². The van der Waals surface area contributed by atoms with Crippen molar-refractivity contribution < 1.29 is 9.59 Å². The first kappa shape index (κ1) is 18.9. The molecule has 136 valence electrons. The lowest BCUT2D eigenvalue weighted by Gasteiger charge is -2.25. The number of carbonyl (C=O) groups excluding carboxylic acids is 2. The van der Waals surface area contributed by atoms with Crippen molar-refractivity contribution in [3.63, 3.8) is 0 Å². The second kappa shape index (κ2) is 8.66. The molecule has 2 aromatic rings. The number of amides is 2. The molecule has 1 fully saturated rings. The Labute approximate surface area is 168 Å². The van der Waals surface area contributed by atoms with Crippen molar-refractivity contribution in [1.29, 1.82) is 0 Å². The van der Waals surface area contributed by atoms with E-state index < -0.39 is 0 Å². The molecule has 0 radical (unpaired) electrons. The van der Waals surface area contributed by atoms with Crippen molar-refractivity contribution >= 4 is 40.1 Å². The summed E-state index contributed by atoms with van der Waals surface area (Å²) < 4.78 is 0.895. The van der Waals surface area contributed by atoms with E-state index in [1.807, 2.05) is 42.5 Å². The third kappa shape index (κ3) is 4.26. The third-order valence-corrected chi connectivity index (χ3v) is 5.80. The van der Waals surface area contributed by atoms with Gasteiger partial charge in [0.15, 0.2) is 0 Å². The zero-order valence-corrected chi connectivity index (χ0v) is 17.0. The Morgan fingerprint density at radius 1 is 0.962 bits per heavy atom. The number of anilines is 1. The number of rotatable bonds is 4. The van der Waals surface area contributed by atoms with Crippen LogP contribution < -0.4 is 10.2 Å². The van der Waals surface area contributed by atoms with Crippen LogP contribution in [0.3, 0.4) is 0 Å². The second-order valence-electron chi connectivity index (χ2n) is 6.67. The van der Waals surface area contributed by atoms with Crippen LogP contribution in [0.2, 0.25) is 0 Å². The lowest BCUT2D eigenvalue weighted by atomic mass is 9.95. The van der Waals surface area contributed by atoms with Gasteiger partial charge in [0.25, 0.3) is 11.8 Å². The molecule has 0 spiro atoms. The first-order chi connectivity index (χ1) is 12.6. The summed E-state index contributed by atoms with van der Waals surface area (Å²) in [7, 11) is 1.72. The van der Waals surface area contributed by atoms with Gasteiger partial charge in [-0.15, -0.1) is 0 Å². The summed E-state index contributed by atoms with van der Waals surface area (Å²) in [6.07, 6.45) is 5.64. The maximum Gasteiger partial charge on any atom is 0.259 e. The standard InChI is InChI=1S/C21H23IN2O2/c1-24(21(26)16-11-5-7-13-18(16)22)19-14-8-6-12-17(19)20(25)23-15-9-3-2-4-10-15/h5-8,11-15H,2-4,9-10H2,1H3,(H,23,25). The lowest BCUT2D eigenvalue weighted by molar-refractivity contribution is 0.0928. The molecule has 1 N–H and O–H groups in total. The zero-order valence-electron chi connectivity index (χ0n) is 14.9. The topological polar surface area (TPSA) is 49.4 Å². The van der Waals surface area contributed by atoms with Gasteiger partial charge in [-0.1, -0.05) is 43.5 Å². The van der Waals surface area contributed by atoms with Crippen molar-refractivity contribution in [3.05, 3.63) is 63.2 Å². The Morgan fingerprint density at radius 2 is 1.58 bits per heavy atom. The van der Waals surface area contributed by atoms with E-state index in [0.29, 0.717) is 16.8 Å². The minimum Gasteiger partial charge on any atom is -0.349 e. The maximum absolute atomic E-state index is 12.9. The normalized spacial score (nSPS) is 14.7. The number of benzene rings is 2. The Morgan fingerprint density at radius 3 is 2.27 bits per heavy atom. The minimum atomic E-state index is -0.118. The van der Waals surface area contributed by atoms with Crippen molar-refractivity contribution in [1.82, 2.24) is 5.32 Å². The molecule has 2 aromatic carbocycles. The van der Waals surface area contributed by atoms with Crippen LogP contribution in [0.25, 0.3) is 0 Å². The van der Waals surface area contributed by atoms with Crippen molar-refractivity contribution in [2.24, 2.45) is 0 Å². The molecule has 26 heavy (non-hydrogen) atoms. The molecule has 1 saturated carbocycles. The zero-order chi connectivity index (χ0) is 18.5. The van der Waals surface area contributed by atoms with Crippen LogP contribution in [0.5, 0.6) is 0 Å². The van der Waals surface area contributed by atoms with E-state index in [1.165, 1.54) is 6.42 Å². The number of nitrogens with zero attached hydrogens (tertiary/aromatic N) is 1. The second-order valence-corrected chi connectivity index (χ2v) is 7.83. The Balaban J connectivity index is 1.83. The summed E-state index contributed by atoms with van der Waals surface area (Å²) in [6, 6.07) is 15.0. The van der Waals surface area contributed by atoms with Crippen molar-refractivity contribution in [2.45, 2.75) is 38.1 Å². The molecule has 0 aromatic heterocycles. The molecule has 5 heteroatoms. The highest BCUT2D eigenvalue weighted by Crippen LogP contribution is 2.24. The molecule has 1 aliphatic carbocycles. The van der Waals surface area contributed by atoms with Gasteiger partial charge in [-0.25, -0.2) is 0 Å². The molecular formula is C21H23IN2O2. The Hall–Kier alpha value is -1.89. The SMILES string of the molecule is CN(C(=O)c1ccccc1I)c1ccccc1C(=O)NC1CCCCC1. The average molecular weight is 462 g/mol. The highest BCUT2D eigenvalue weighted by Gasteiger charge is 2.23. The van der Waals surface area contributed by atoms with E-state index in [9.17, 15) is 9.59 Å². The lowest BCUT2D eigenvalue weighted by Crippen LogP contribution is -2.37. The third-order valence-electron chi connectivity index (χ3n) is 4.86. The maximum atomic E-state index is 12.9. The number of hydrogen-bond acceptors (Lipinski definition) is 2. The highest BCUT2D eigenvalue weighted by atomic mass is 127. The molecule has 0 atom stereocenters. The first-order valence-corrected chi connectivity index (χ1v) is 10.1. The van der Waals surface area contributed by atoms with Crippen LogP contribution in [0, 0.1) is 3.57 Å². The Kier molecular flexibility index (Phi) is 6.29. The molecule has 4 nitrogen and oxygen atoms in total. The number of nitrogens with one attached hydrogen (secondary N) is 1. The van der Waals surface area contributed by atoms with E-state index in [0.717, 1.165) is 29.3 Å². The van der Waals surface area contributed by atoms with Crippen molar-refractivity contribution in [3.8, 4) is 0 Å². The van der Waals surface area contributed by atoms with Crippen LogP contribution >= 0.6 is 22.6 Å². The summed E-state index contributed by atoms with van der Waals surface area (Å²) >= 11 is 2.16. The van der Waals surface area contributed by atoms with Crippen LogP contribution in [0.1, 0.15) is 52.8 Å². The highest BCUT2D eigenvalue weighted by molar-refractivity contribution is 14.1. The van der Waals surface area contributed by atoms with Gasteiger partial charge in [0.2, 0.25) is 0 Å². The summed E-state index contributed by atoms with van der Waals surface area (Å²) in [5, 5.41) is 3.14. The fraction of sp³-hybridized carbons (Fsp3) is 0.333. The number of halogens is 1. The molecule has 0 heterocycles. The predicted molar refractivity (Wildman–Crippen MR) is 113 cm³/mol. The molecule has 0 bridgehead atoms. The Bertz CT molecular complexity index is 800. The van der Waals surface area contributed by atoms with E-state index in [1.54, 1.807) is 18.0 Å². The van der Waals surface area contributed by atoms with E-state index in [-0.39, 0.29) is 17.9 Å². The van der Waals surface area contributed by atoms with Crippen LogP contribution in [0.4, 0.5) is 5.69 Å². The number of para-hydroxylation sites is 1. The summed E-state index contributed by atoms with van der Waals surface area (Å²) in [5.41, 5.74) is 1.81. The fourth-order valence-electron chi connectivity index (χ4n) is 3.39. The van der Waals surface area contributed by atoms with E-state index >= 15 is 0 Å². The summed E-state index contributed by atoms with van der Waals surface area (Å²) in [6.45, 7) is 0. The van der Waals surface area contributed by atoms with Gasteiger partial charge in [-0.2, -0.15) is 0 Å². The van der Waals surface area contributed by atoms with Gasteiger partial charge < -0.3 is 10.2 Å². The molecule has 0 saturated heterocycles. The van der Waals surface area contributed by atoms with Gasteiger partial charge in [0.05, 0.1) is 16.8 Å². The number of carbonyl (C=O) groups is 2. The average Bonchev–Trinajstić information content (AvgIpc) is 2.68. The fourth-order valence-corrected chi connectivity index (χ4v) is 4.01. The molecule has 2 amide bonds.